The number of halogens is 1. The number of hydrogen-bond donors (Lipinski definition) is 0. The van der Waals surface area contributed by atoms with Crippen LogP contribution in [0.3, 0.4) is 0 Å². The van der Waals surface area contributed by atoms with Crippen LogP contribution < -0.4 is 9.79 Å². The smallest absolute Gasteiger partial charge is 0.291 e. The van der Waals surface area contributed by atoms with E-state index in [1.807, 2.05) is 6.07 Å². The number of amides is 1. The lowest BCUT2D eigenvalue weighted by Crippen LogP contribution is -2.50. The second-order valence-corrected chi connectivity index (χ2v) is 5.76. The van der Waals surface area contributed by atoms with Crippen molar-refractivity contribution < 1.29 is 19.3 Å². The molecular formula is C14H14BrN3O3. The Morgan fingerprint density at radius 1 is 1.43 bits per heavy atom. The molecule has 0 bridgehead atoms. The van der Waals surface area contributed by atoms with Crippen molar-refractivity contribution >= 4 is 32.7 Å². The summed E-state index contributed by atoms with van der Waals surface area (Å²) in [7, 11) is 0. The summed E-state index contributed by atoms with van der Waals surface area (Å²) in [6.45, 7) is 2.36. The summed E-state index contributed by atoms with van der Waals surface area (Å²) in [6.07, 6.45) is 1.37. The molecule has 0 N–H and O–H groups in total. The fourth-order valence-corrected chi connectivity index (χ4v) is 2.66. The van der Waals surface area contributed by atoms with E-state index in [-0.39, 0.29) is 18.2 Å². The Morgan fingerprint density at radius 3 is 2.95 bits per heavy atom. The van der Waals surface area contributed by atoms with E-state index in [9.17, 15) is 9.90 Å². The van der Waals surface area contributed by atoms with Crippen molar-refractivity contribution in [2.45, 2.75) is 6.54 Å². The lowest BCUT2D eigenvalue weighted by molar-refractivity contribution is -0.742. The van der Waals surface area contributed by atoms with Crippen LogP contribution in [0.5, 0.6) is 5.75 Å². The first kappa shape index (κ1) is 14.2. The van der Waals surface area contributed by atoms with Gasteiger partial charge in [0.25, 0.3) is 12.5 Å². The third kappa shape index (κ3) is 3.14. The molecular weight excluding hydrogens is 338 g/mol. The van der Waals surface area contributed by atoms with Gasteiger partial charge >= 0.3 is 0 Å². The molecule has 0 atom stereocenters. The number of nitrogens with zero attached hydrogens (tertiary/aromatic N) is 3. The van der Waals surface area contributed by atoms with Crippen molar-refractivity contribution in [1.82, 2.24) is 10.00 Å². The van der Waals surface area contributed by atoms with E-state index in [0.717, 1.165) is 4.47 Å². The molecule has 1 fully saturated rings. The summed E-state index contributed by atoms with van der Waals surface area (Å²) in [6, 6.07) is 5.32. The maximum Gasteiger partial charge on any atom is 0.291 e. The first-order valence-electron chi connectivity index (χ1n) is 6.66. The van der Waals surface area contributed by atoms with Gasteiger partial charge < -0.3 is 14.7 Å². The normalized spacial score (nSPS) is 15.4. The number of aromatic nitrogens is 2. The first-order valence-corrected chi connectivity index (χ1v) is 7.45. The Kier molecular flexibility index (Phi) is 4.03. The molecule has 1 aliphatic rings. The molecule has 1 saturated heterocycles. The highest BCUT2D eigenvalue weighted by atomic mass is 79.9. The van der Waals surface area contributed by atoms with Gasteiger partial charge in [0.2, 0.25) is 0 Å². The molecule has 0 unspecified atom stereocenters. The SMILES string of the molecule is O=C(C[n+]1cc([O-])c2cc(Br)ccc2n1)N1CCOCC1. The van der Waals surface area contributed by atoms with Crippen LogP contribution >= 0.6 is 15.9 Å². The summed E-state index contributed by atoms with van der Waals surface area (Å²) < 4.78 is 7.46. The number of ether oxygens (including phenoxy) is 1. The fraction of sp³-hybridized carbons (Fsp3) is 0.357. The van der Waals surface area contributed by atoms with E-state index in [1.54, 1.807) is 17.0 Å². The minimum atomic E-state index is -0.143. The first-order chi connectivity index (χ1) is 10.1. The predicted molar refractivity (Wildman–Crippen MR) is 76.5 cm³/mol. The number of rotatable bonds is 2. The topological polar surface area (TPSA) is 69.4 Å². The van der Waals surface area contributed by atoms with Crippen LogP contribution in [-0.2, 0) is 16.1 Å². The van der Waals surface area contributed by atoms with E-state index >= 15 is 0 Å². The van der Waals surface area contributed by atoms with Crippen LogP contribution in [0.4, 0.5) is 0 Å². The fourth-order valence-electron chi connectivity index (χ4n) is 2.30. The minimum Gasteiger partial charge on any atom is -0.868 e. The highest BCUT2D eigenvalue weighted by Gasteiger charge is 2.21. The number of hydrogen-bond acceptors (Lipinski definition) is 4. The zero-order valence-electron chi connectivity index (χ0n) is 11.3. The molecule has 0 saturated carbocycles. The van der Waals surface area contributed by atoms with Gasteiger partial charge in [0.05, 0.1) is 13.2 Å². The summed E-state index contributed by atoms with van der Waals surface area (Å²) in [5, 5.41) is 17.0. The Morgan fingerprint density at radius 2 is 2.19 bits per heavy atom. The number of carbonyl (C=O) groups excluding carboxylic acids is 1. The molecule has 0 spiro atoms. The van der Waals surface area contributed by atoms with Gasteiger partial charge in [-0.2, -0.15) is 0 Å². The van der Waals surface area contributed by atoms with Crippen molar-refractivity contribution in [3.05, 3.63) is 28.9 Å². The summed E-state index contributed by atoms with van der Waals surface area (Å²) >= 11 is 3.33. The van der Waals surface area contributed by atoms with Crippen molar-refractivity contribution in [3.8, 4) is 5.75 Å². The lowest BCUT2D eigenvalue weighted by Gasteiger charge is -2.25. The minimum absolute atomic E-state index is 0.0494. The monoisotopic (exact) mass is 351 g/mol. The molecule has 2 heterocycles. The second-order valence-electron chi connectivity index (χ2n) is 4.85. The van der Waals surface area contributed by atoms with Crippen LogP contribution in [0.1, 0.15) is 0 Å². The Bertz CT molecular complexity index is 686. The maximum atomic E-state index is 12.2. The highest BCUT2D eigenvalue weighted by molar-refractivity contribution is 9.10. The van der Waals surface area contributed by atoms with Gasteiger partial charge in [0, 0.05) is 28.0 Å². The van der Waals surface area contributed by atoms with Crippen LogP contribution in [-0.4, -0.2) is 42.2 Å². The molecule has 1 aliphatic heterocycles. The van der Waals surface area contributed by atoms with Gasteiger partial charge in [-0.25, -0.2) is 0 Å². The Hall–Kier alpha value is -1.73. The zero-order chi connectivity index (χ0) is 14.8. The molecule has 1 amide bonds. The summed E-state index contributed by atoms with van der Waals surface area (Å²) in [4.78, 5) is 13.9. The molecule has 0 aliphatic carbocycles. The lowest BCUT2D eigenvalue weighted by atomic mass is 10.2. The molecule has 21 heavy (non-hydrogen) atoms. The number of morpholine rings is 1. The molecule has 6 nitrogen and oxygen atoms in total. The molecule has 2 aromatic rings. The molecule has 0 radical (unpaired) electrons. The Balaban J connectivity index is 1.84. The van der Waals surface area contributed by atoms with Crippen LogP contribution in [0.2, 0.25) is 0 Å². The Labute approximate surface area is 130 Å². The van der Waals surface area contributed by atoms with Gasteiger partial charge in [-0.3, -0.25) is 4.79 Å². The zero-order valence-corrected chi connectivity index (χ0v) is 12.9. The third-order valence-corrected chi connectivity index (χ3v) is 3.88. The van der Waals surface area contributed by atoms with Crippen LogP contribution in [0.15, 0.2) is 28.9 Å². The molecule has 1 aromatic heterocycles. The molecule has 7 heteroatoms. The van der Waals surface area contributed by atoms with E-state index in [2.05, 4.69) is 21.0 Å². The third-order valence-electron chi connectivity index (χ3n) is 3.39. The van der Waals surface area contributed by atoms with Crippen molar-refractivity contribution in [2.24, 2.45) is 0 Å². The average molecular weight is 352 g/mol. The average Bonchev–Trinajstić information content (AvgIpc) is 2.49. The highest BCUT2D eigenvalue weighted by Crippen LogP contribution is 2.22. The standard InChI is InChI=1S/C14H14BrN3O3/c15-10-1-2-12-11(7-10)13(19)8-18(16-12)9-14(20)17-3-5-21-6-4-17/h1-2,7-8H,3-6,9H2. The van der Waals surface area contributed by atoms with Gasteiger partial charge in [-0.15, -0.1) is 0 Å². The van der Waals surface area contributed by atoms with Crippen LogP contribution in [0, 0.1) is 0 Å². The van der Waals surface area contributed by atoms with E-state index < -0.39 is 0 Å². The number of carbonyl (C=O) groups is 1. The van der Waals surface area contributed by atoms with Crippen molar-refractivity contribution in [2.75, 3.05) is 26.3 Å². The van der Waals surface area contributed by atoms with Crippen molar-refractivity contribution in [3.63, 3.8) is 0 Å². The van der Waals surface area contributed by atoms with E-state index in [0.29, 0.717) is 37.2 Å². The summed E-state index contributed by atoms with van der Waals surface area (Å²) in [5.41, 5.74) is 0.584. The molecule has 3 rings (SSSR count). The second kappa shape index (κ2) is 5.95. The van der Waals surface area contributed by atoms with Gasteiger partial charge in [0.15, 0.2) is 6.20 Å². The quantitative estimate of drug-likeness (QED) is 0.725. The maximum absolute atomic E-state index is 12.2. The molecule has 1 aromatic carbocycles. The number of fused-ring (bicyclic) bond motifs is 1. The van der Waals surface area contributed by atoms with Gasteiger partial charge in [-0.1, -0.05) is 20.6 Å². The van der Waals surface area contributed by atoms with E-state index in [1.165, 1.54) is 10.9 Å². The predicted octanol–water partition coefficient (Wildman–Crippen LogP) is 0.217. The van der Waals surface area contributed by atoms with E-state index in [4.69, 9.17) is 4.74 Å². The van der Waals surface area contributed by atoms with Crippen LogP contribution in [0.25, 0.3) is 10.9 Å². The van der Waals surface area contributed by atoms with Crippen molar-refractivity contribution in [1.29, 1.82) is 0 Å². The van der Waals surface area contributed by atoms with Gasteiger partial charge in [-0.05, 0) is 23.9 Å². The summed E-state index contributed by atoms with van der Waals surface area (Å²) in [5.74, 6) is -0.192. The largest absolute Gasteiger partial charge is 0.868 e. The van der Waals surface area contributed by atoms with Gasteiger partial charge in [0.1, 0.15) is 5.52 Å². The molecule has 110 valence electrons. The number of benzene rings is 1.